The topological polar surface area (TPSA) is 87.5 Å². The first-order chi connectivity index (χ1) is 5.65. The molecular weight excluding hydrogens is 164 g/mol. The Kier molecular flexibility index (Phi) is 2.05. The second-order valence-corrected chi connectivity index (χ2v) is 2.07. The quantitative estimate of drug-likeness (QED) is 0.374. The van der Waals surface area contributed by atoms with Gasteiger partial charge in [-0.1, -0.05) is 0 Å². The summed E-state index contributed by atoms with van der Waals surface area (Å²) in [6.07, 6.45) is 0.0507. The van der Waals surface area contributed by atoms with E-state index in [-0.39, 0.29) is 12.8 Å². The van der Waals surface area contributed by atoms with Gasteiger partial charge in [0.05, 0.1) is 0 Å². The molecule has 1 saturated heterocycles. The van der Waals surface area contributed by atoms with Gasteiger partial charge in [-0.05, 0) is 0 Å². The van der Waals surface area contributed by atoms with E-state index in [1.807, 2.05) is 0 Å². The first-order valence-corrected chi connectivity index (χ1v) is 3.13. The van der Waals surface area contributed by atoms with Gasteiger partial charge in [-0.15, -0.1) is 5.06 Å². The van der Waals surface area contributed by atoms with E-state index in [1.54, 1.807) is 0 Å². The van der Waals surface area contributed by atoms with Crippen LogP contribution in [0.5, 0.6) is 0 Å². The number of rotatable bonds is 1. The predicted octanol–water partition coefficient (Wildman–Crippen LogP) is -0.883. The molecule has 0 saturated carbocycles. The average Bonchev–Trinajstić information content (AvgIpc) is 2.35. The Morgan fingerprint density at radius 3 is 2.33 bits per heavy atom. The molecule has 0 aromatic rings. The highest BCUT2D eigenvalue weighted by atomic mass is 16.7. The van der Waals surface area contributed by atoms with Crippen LogP contribution in [0, 0.1) is 11.3 Å². The van der Waals surface area contributed by atoms with Gasteiger partial charge < -0.3 is 4.84 Å². The highest BCUT2D eigenvalue weighted by molar-refractivity contribution is 6.02. The maximum Gasteiger partial charge on any atom is 0.435 e. The SMILES string of the molecule is N#CC(=O)ON1C(=O)CCC1=O. The van der Waals surface area contributed by atoms with E-state index >= 15 is 0 Å². The number of amides is 2. The number of nitrogens with zero attached hydrogens (tertiary/aromatic N) is 2. The molecule has 0 aliphatic carbocycles. The minimum Gasteiger partial charge on any atom is -0.316 e. The van der Waals surface area contributed by atoms with Crippen LogP contribution < -0.4 is 0 Å². The van der Waals surface area contributed by atoms with Gasteiger partial charge >= 0.3 is 5.97 Å². The first-order valence-electron chi connectivity index (χ1n) is 3.13. The average molecular weight is 168 g/mol. The minimum absolute atomic E-state index is 0.0253. The maximum atomic E-state index is 10.8. The summed E-state index contributed by atoms with van der Waals surface area (Å²) in [6, 6.07) is 1.13. The fourth-order valence-electron chi connectivity index (χ4n) is 0.761. The lowest BCUT2D eigenvalue weighted by Gasteiger charge is -2.08. The monoisotopic (exact) mass is 168 g/mol. The Morgan fingerprint density at radius 2 is 1.92 bits per heavy atom. The summed E-state index contributed by atoms with van der Waals surface area (Å²) in [7, 11) is 0. The normalized spacial score (nSPS) is 16.1. The van der Waals surface area contributed by atoms with Crippen LogP contribution in [0.4, 0.5) is 0 Å². The third kappa shape index (κ3) is 1.40. The van der Waals surface area contributed by atoms with Crippen LogP contribution in [0.2, 0.25) is 0 Å². The van der Waals surface area contributed by atoms with Gasteiger partial charge in [-0.25, -0.2) is 4.79 Å². The van der Waals surface area contributed by atoms with E-state index in [9.17, 15) is 14.4 Å². The number of imide groups is 1. The second-order valence-electron chi connectivity index (χ2n) is 2.07. The zero-order valence-corrected chi connectivity index (χ0v) is 5.94. The zero-order valence-electron chi connectivity index (χ0n) is 5.94. The third-order valence-corrected chi connectivity index (χ3v) is 1.27. The van der Waals surface area contributed by atoms with Crippen LogP contribution in [-0.2, 0) is 19.2 Å². The maximum absolute atomic E-state index is 10.8. The lowest BCUT2D eigenvalue weighted by Crippen LogP contribution is -2.31. The molecule has 12 heavy (non-hydrogen) atoms. The van der Waals surface area contributed by atoms with Gasteiger partial charge in [0.1, 0.15) is 0 Å². The van der Waals surface area contributed by atoms with E-state index < -0.39 is 17.8 Å². The van der Waals surface area contributed by atoms with E-state index in [2.05, 4.69) is 4.84 Å². The molecule has 0 bridgehead atoms. The number of nitriles is 1. The van der Waals surface area contributed by atoms with Gasteiger partial charge in [-0.3, -0.25) is 9.59 Å². The number of hydrogen-bond donors (Lipinski definition) is 0. The van der Waals surface area contributed by atoms with Crippen molar-refractivity contribution in [2.45, 2.75) is 12.8 Å². The number of hydrogen-bond acceptors (Lipinski definition) is 5. The van der Waals surface area contributed by atoms with E-state index in [0.29, 0.717) is 5.06 Å². The molecule has 6 nitrogen and oxygen atoms in total. The Bertz CT molecular complexity index is 274. The molecular formula is C6H4N2O4. The molecule has 62 valence electrons. The van der Waals surface area contributed by atoms with Crippen LogP contribution in [-0.4, -0.2) is 22.8 Å². The van der Waals surface area contributed by atoms with Crippen LogP contribution in [0.1, 0.15) is 12.8 Å². The van der Waals surface area contributed by atoms with Crippen molar-refractivity contribution < 1.29 is 19.2 Å². The summed E-state index contributed by atoms with van der Waals surface area (Å²) >= 11 is 0. The summed E-state index contributed by atoms with van der Waals surface area (Å²) in [5, 5.41) is 8.32. The van der Waals surface area contributed by atoms with Crippen molar-refractivity contribution in [1.82, 2.24) is 5.06 Å². The lowest BCUT2D eigenvalue weighted by molar-refractivity contribution is -0.193. The molecule has 0 unspecified atom stereocenters. The molecule has 0 radical (unpaired) electrons. The molecule has 0 aromatic carbocycles. The molecule has 1 fully saturated rings. The fourth-order valence-corrected chi connectivity index (χ4v) is 0.761. The fraction of sp³-hybridized carbons (Fsp3) is 0.333. The largest absolute Gasteiger partial charge is 0.435 e. The third-order valence-electron chi connectivity index (χ3n) is 1.27. The molecule has 0 N–H and O–H groups in total. The summed E-state index contributed by atoms with van der Waals surface area (Å²) in [5.41, 5.74) is 0. The molecule has 0 aromatic heterocycles. The van der Waals surface area contributed by atoms with Crippen molar-refractivity contribution in [3.8, 4) is 6.07 Å². The Hall–Kier alpha value is -1.90. The summed E-state index contributed by atoms with van der Waals surface area (Å²) < 4.78 is 0. The van der Waals surface area contributed by atoms with Gasteiger partial charge in [0, 0.05) is 12.8 Å². The highest BCUT2D eigenvalue weighted by Crippen LogP contribution is 2.11. The number of carbonyl (C=O) groups excluding carboxylic acids is 3. The van der Waals surface area contributed by atoms with Crippen molar-refractivity contribution in [2.75, 3.05) is 0 Å². The summed E-state index contributed by atoms with van der Waals surface area (Å²) in [6.45, 7) is 0. The van der Waals surface area contributed by atoms with Crippen molar-refractivity contribution in [3.05, 3.63) is 0 Å². The Balaban J connectivity index is 2.63. The van der Waals surface area contributed by atoms with E-state index in [4.69, 9.17) is 5.26 Å². The lowest BCUT2D eigenvalue weighted by atomic mass is 10.4. The molecule has 0 spiro atoms. The molecule has 1 aliphatic rings. The smallest absolute Gasteiger partial charge is 0.316 e. The zero-order chi connectivity index (χ0) is 9.14. The van der Waals surface area contributed by atoms with Crippen molar-refractivity contribution in [2.24, 2.45) is 0 Å². The van der Waals surface area contributed by atoms with Crippen LogP contribution >= 0.6 is 0 Å². The minimum atomic E-state index is -1.27. The molecule has 1 heterocycles. The van der Waals surface area contributed by atoms with E-state index in [0.717, 1.165) is 6.07 Å². The van der Waals surface area contributed by atoms with Crippen LogP contribution in [0.15, 0.2) is 0 Å². The van der Waals surface area contributed by atoms with Gasteiger partial charge in [0.2, 0.25) is 0 Å². The van der Waals surface area contributed by atoms with Crippen molar-refractivity contribution in [3.63, 3.8) is 0 Å². The van der Waals surface area contributed by atoms with Gasteiger partial charge in [0.25, 0.3) is 11.8 Å². The van der Waals surface area contributed by atoms with Gasteiger partial charge in [-0.2, -0.15) is 5.26 Å². The van der Waals surface area contributed by atoms with Crippen LogP contribution in [0.3, 0.4) is 0 Å². The van der Waals surface area contributed by atoms with Crippen molar-refractivity contribution in [1.29, 1.82) is 5.26 Å². The highest BCUT2D eigenvalue weighted by Gasteiger charge is 2.32. The molecule has 6 heteroatoms. The second kappa shape index (κ2) is 3.00. The van der Waals surface area contributed by atoms with Gasteiger partial charge in [0.15, 0.2) is 6.07 Å². The molecule has 2 amide bonds. The van der Waals surface area contributed by atoms with E-state index in [1.165, 1.54) is 0 Å². The molecule has 1 aliphatic heterocycles. The number of hydroxylamine groups is 2. The standard InChI is InChI=1S/C6H4N2O4/c7-3-6(11)12-8-4(9)1-2-5(8)10/h1-2H2. The van der Waals surface area contributed by atoms with Crippen molar-refractivity contribution >= 4 is 17.8 Å². The Morgan fingerprint density at radius 1 is 1.42 bits per heavy atom. The molecule has 1 rings (SSSR count). The Labute approximate surface area is 67.3 Å². The summed E-state index contributed by atoms with van der Waals surface area (Å²) in [5.74, 6) is -2.45. The number of carbonyl (C=O) groups is 3. The molecule has 0 atom stereocenters. The summed E-state index contributed by atoms with van der Waals surface area (Å²) in [4.78, 5) is 36.0. The van der Waals surface area contributed by atoms with Crippen LogP contribution in [0.25, 0.3) is 0 Å². The first kappa shape index (κ1) is 8.20. The predicted molar refractivity (Wildman–Crippen MR) is 32.8 cm³/mol.